The Bertz CT molecular complexity index is 224. The van der Waals surface area contributed by atoms with Crippen molar-refractivity contribution in [3.8, 4) is 0 Å². The van der Waals surface area contributed by atoms with Crippen LogP contribution in [0.2, 0.25) is 0 Å². The minimum absolute atomic E-state index is 0.0103. The SMILES string of the molecule is CCN(CC)C(=O)/C=C/C(C)C(C)(C)O. The van der Waals surface area contributed by atoms with Gasteiger partial charge in [0.25, 0.3) is 0 Å². The zero-order chi connectivity index (χ0) is 12.1. The first-order valence-corrected chi connectivity index (χ1v) is 5.52. The van der Waals surface area contributed by atoms with Crippen LogP contribution in [0.15, 0.2) is 12.2 Å². The van der Waals surface area contributed by atoms with E-state index in [2.05, 4.69) is 0 Å². The van der Waals surface area contributed by atoms with Crippen LogP contribution in [0.4, 0.5) is 0 Å². The van der Waals surface area contributed by atoms with Crippen molar-refractivity contribution in [2.24, 2.45) is 5.92 Å². The lowest BCUT2D eigenvalue weighted by Gasteiger charge is -2.23. The molecule has 0 aliphatic carbocycles. The van der Waals surface area contributed by atoms with Crippen molar-refractivity contribution in [2.45, 2.75) is 40.2 Å². The lowest BCUT2D eigenvalue weighted by Crippen LogP contribution is -2.30. The first-order chi connectivity index (χ1) is 6.82. The zero-order valence-electron chi connectivity index (χ0n) is 10.4. The molecule has 0 aliphatic rings. The maximum atomic E-state index is 11.6. The Labute approximate surface area is 92.8 Å². The summed E-state index contributed by atoms with van der Waals surface area (Å²) in [7, 11) is 0. The fourth-order valence-corrected chi connectivity index (χ4v) is 1.10. The highest BCUT2D eigenvalue weighted by Gasteiger charge is 2.19. The van der Waals surface area contributed by atoms with E-state index in [-0.39, 0.29) is 11.8 Å². The van der Waals surface area contributed by atoms with Crippen LogP contribution in [0.1, 0.15) is 34.6 Å². The topological polar surface area (TPSA) is 40.5 Å². The number of nitrogens with zero attached hydrogens (tertiary/aromatic N) is 1. The summed E-state index contributed by atoms with van der Waals surface area (Å²) >= 11 is 0. The maximum absolute atomic E-state index is 11.6. The number of rotatable bonds is 5. The second-order valence-electron chi connectivity index (χ2n) is 4.31. The van der Waals surface area contributed by atoms with Crippen LogP contribution in [0.3, 0.4) is 0 Å². The molecule has 0 saturated heterocycles. The van der Waals surface area contributed by atoms with Gasteiger partial charge in [-0.25, -0.2) is 0 Å². The second kappa shape index (κ2) is 5.91. The second-order valence-corrected chi connectivity index (χ2v) is 4.31. The quantitative estimate of drug-likeness (QED) is 0.708. The molecule has 0 rings (SSSR count). The van der Waals surface area contributed by atoms with Gasteiger partial charge in [0, 0.05) is 19.0 Å². The van der Waals surface area contributed by atoms with Gasteiger partial charge in [0.05, 0.1) is 5.60 Å². The molecule has 0 fully saturated rings. The van der Waals surface area contributed by atoms with E-state index < -0.39 is 5.60 Å². The third-order valence-corrected chi connectivity index (χ3v) is 2.72. The van der Waals surface area contributed by atoms with Crippen molar-refractivity contribution in [3.63, 3.8) is 0 Å². The summed E-state index contributed by atoms with van der Waals surface area (Å²) in [4.78, 5) is 13.3. The maximum Gasteiger partial charge on any atom is 0.246 e. The van der Waals surface area contributed by atoms with Crippen LogP contribution in [0.25, 0.3) is 0 Å². The molecule has 0 aromatic carbocycles. The van der Waals surface area contributed by atoms with Gasteiger partial charge in [0.2, 0.25) is 5.91 Å². The summed E-state index contributed by atoms with van der Waals surface area (Å²) in [6.07, 6.45) is 3.32. The molecule has 0 aromatic rings. The summed E-state index contributed by atoms with van der Waals surface area (Å²) in [5.41, 5.74) is -0.778. The summed E-state index contributed by atoms with van der Waals surface area (Å²) in [5.74, 6) is -0.0203. The number of aliphatic hydroxyl groups is 1. The Hall–Kier alpha value is -0.830. The van der Waals surface area contributed by atoms with Crippen LogP contribution in [0, 0.1) is 5.92 Å². The summed E-state index contributed by atoms with van der Waals surface area (Å²) in [5, 5.41) is 9.68. The highest BCUT2D eigenvalue weighted by Crippen LogP contribution is 2.16. The van der Waals surface area contributed by atoms with E-state index in [1.54, 1.807) is 30.9 Å². The van der Waals surface area contributed by atoms with Crippen LogP contribution < -0.4 is 0 Å². The number of carbonyl (C=O) groups is 1. The van der Waals surface area contributed by atoms with E-state index in [1.165, 1.54) is 0 Å². The minimum atomic E-state index is -0.778. The van der Waals surface area contributed by atoms with Crippen molar-refractivity contribution in [3.05, 3.63) is 12.2 Å². The third kappa shape index (κ3) is 4.98. The molecule has 0 aliphatic heterocycles. The Morgan fingerprint density at radius 3 is 2.20 bits per heavy atom. The summed E-state index contributed by atoms with van der Waals surface area (Å²) < 4.78 is 0. The van der Waals surface area contributed by atoms with Gasteiger partial charge in [-0.2, -0.15) is 0 Å². The molecule has 1 unspecified atom stereocenters. The molecule has 0 saturated carbocycles. The van der Waals surface area contributed by atoms with Crippen molar-refractivity contribution in [1.82, 2.24) is 4.90 Å². The highest BCUT2D eigenvalue weighted by atomic mass is 16.3. The number of hydrogen-bond acceptors (Lipinski definition) is 2. The van der Waals surface area contributed by atoms with Gasteiger partial charge in [0.1, 0.15) is 0 Å². The van der Waals surface area contributed by atoms with Gasteiger partial charge in [0.15, 0.2) is 0 Å². The molecule has 0 bridgehead atoms. The number of amides is 1. The predicted octanol–water partition coefficient (Wildman–Crippen LogP) is 1.82. The Kier molecular flexibility index (Phi) is 5.58. The third-order valence-electron chi connectivity index (χ3n) is 2.72. The molecular formula is C12H23NO2. The minimum Gasteiger partial charge on any atom is -0.390 e. The van der Waals surface area contributed by atoms with Gasteiger partial charge >= 0.3 is 0 Å². The van der Waals surface area contributed by atoms with Crippen molar-refractivity contribution in [1.29, 1.82) is 0 Å². The summed E-state index contributed by atoms with van der Waals surface area (Å²) in [6, 6.07) is 0. The van der Waals surface area contributed by atoms with Crippen molar-refractivity contribution >= 4 is 5.91 Å². The zero-order valence-corrected chi connectivity index (χ0v) is 10.4. The van der Waals surface area contributed by atoms with Crippen LogP contribution >= 0.6 is 0 Å². The lowest BCUT2D eigenvalue weighted by molar-refractivity contribution is -0.125. The predicted molar refractivity (Wildman–Crippen MR) is 62.5 cm³/mol. The van der Waals surface area contributed by atoms with Gasteiger partial charge in [-0.15, -0.1) is 0 Å². The first-order valence-electron chi connectivity index (χ1n) is 5.52. The molecule has 1 amide bonds. The normalized spacial score (nSPS) is 14.3. The molecule has 0 radical (unpaired) electrons. The molecule has 0 aromatic heterocycles. The average Bonchev–Trinajstić information content (AvgIpc) is 2.14. The first kappa shape index (κ1) is 14.2. The van der Waals surface area contributed by atoms with Gasteiger partial charge in [-0.1, -0.05) is 13.0 Å². The van der Waals surface area contributed by atoms with E-state index in [1.807, 2.05) is 20.8 Å². The van der Waals surface area contributed by atoms with Gasteiger partial charge in [-0.3, -0.25) is 4.79 Å². The van der Waals surface area contributed by atoms with E-state index >= 15 is 0 Å². The monoisotopic (exact) mass is 213 g/mol. The molecule has 0 spiro atoms. The molecule has 88 valence electrons. The van der Waals surface area contributed by atoms with E-state index in [0.717, 1.165) is 13.1 Å². The molecule has 1 N–H and O–H groups in total. The standard InChI is InChI=1S/C12H23NO2/c1-6-13(7-2)11(14)9-8-10(3)12(4,5)15/h8-10,15H,6-7H2,1-5H3/b9-8+. The highest BCUT2D eigenvalue weighted by molar-refractivity contribution is 5.87. The number of carbonyl (C=O) groups excluding carboxylic acids is 1. The van der Waals surface area contributed by atoms with Crippen LogP contribution in [-0.4, -0.2) is 34.6 Å². The molecule has 1 atom stereocenters. The van der Waals surface area contributed by atoms with Crippen LogP contribution in [-0.2, 0) is 4.79 Å². The summed E-state index contributed by atoms with van der Waals surface area (Å²) in [6.45, 7) is 10.7. The Morgan fingerprint density at radius 1 is 1.40 bits per heavy atom. The van der Waals surface area contributed by atoms with Gasteiger partial charge in [-0.05, 0) is 33.8 Å². The van der Waals surface area contributed by atoms with Gasteiger partial charge < -0.3 is 10.0 Å². The molecule has 15 heavy (non-hydrogen) atoms. The molecule has 3 heteroatoms. The Balaban J connectivity index is 4.34. The smallest absolute Gasteiger partial charge is 0.246 e. The number of hydrogen-bond donors (Lipinski definition) is 1. The van der Waals surface area contributed by atoms with E-state index in [9.17, 15) is 9.90 Å². The number of likely N-dealkylation sites (N-methyl/N-ethyl adjacent to an activating group) is 1. The van der Waals surface area contributed by atoms with E-state index in [0.29, 0.717) is 0 Å². The van der Waals surface area contributed by atoms with E-state index in [4.69, 9.17) is 0 Å². The lowest BCUT2D eigenvalue weighted by atomic mass is 9.92. The molecule has 0 heterocycles. The molecule has 3 nitrogen and oxygen atoms in total. The largest absolute Gasteiger partial charge is 0.390 e. The fraction of sp³-hybridized carbons (Fsp3) is 0.750. The van der Waals surface area contributed by atoms with Crippen LogP contribution in [0.5, 0.6) is 0 Å². The Morgan fingerprint density at radius 2 is 1.87 bits per heavy atom. The average molecular weight is 213 g/mol. The fourth-order valence-electron chi connectivity index (χ4n) is 1.10. The molecular weight excluding hydrogens is 190 g/mol. The van der Waals surface area contributed by atoms with Crippen molar-refractivity contribution < 1.29 is 9.90 Å². The van der Waals surface area contributed by atoms with Crippen molar-refractivity contribution in [2.75, 3.05) is 13.1 Å².